The summed E-state index contributed by atoms with van der Waals surface area (Å²) in [6.07, 6.45) is -13.1. The average Bonchev–Trinajstić information content (AvgIpc) is 2.81. The zero-order valence-electron chi connectivity index (χ0n) is 21.9. The molecule has 0 unspecified atom stereocenters. The molecule has 0 amide bonds. The first kappa shape index (κ1) is 40.7. The van der Waals surface area contributed by atoms with Gasteiger partial charge in [-0.3, -0.25) is 0 Å². The summed E-state index contributed by atoms with van der Waals surface area (Å²) in [5, 5.41) is 0. The molecular formula is C23H29F19. The fourth-order valence-corrected chi connectivity index (χ4v) is 3.90. The number of rotatable bonds is 19. The van der Waals surface area contributed by atoms with E-state index < -0.39 is 72.8 Å². The summed E-state index contributed by atoms with van der Waals surface area (Å²) >= 11 is 0. The Hall–Kier alpha value is -1.33. The highest BCUT2D eigenvalue weighted by atomic mass is 19.4. The van der Waals surface area contributed by atoms with E-state index in [1.807, 2.05) is 6.92 Å². The standard InChI is InChI=1S/C23H29F19/c1-2-3-4-5-6-7-8-9-10-11-12-13-14-15(24,25)17(27,28)19(31,32)21(35,36)20(33,34)18(29,30)16(26,22(37,38)39)23(40,41)42/h2-14H2,1H3. The Balaban J connectivity index is 5.68. The molecule has 254 valence electrons. The van der Waals surface area contributed by atoms with Crippen molar-refractivity contribution in [3.05, 3.63) is 0 Å². The van der Waals surface area contributed by atoms with E-state index in [4.69, 9.17) is 0 Å². The molecule has 0 aliphatic heterocycles. The molecule has 0 nitrogen and oxygen atoms in total. The third-order valence-electron chi connectivity index (χ3n) is 6.59. The van der Waals surface area contributed by atoms with Crippen molar-refractivity contribution >= 4 is 0 Å². The monoisotopic (exact) mass is 666 g/mol. The van der Waals surface area contributed by atoms with Crippen molar-refractivity contribution in [3.63, 3.8) is 0 Å². The van der Waals surface area contributed by atoms with Crippen molar-refractivity contribution in [2.45, 2.75) is 144 Å². The summed E-state index contributed by atoms with van der Waals surface area (Å²) in [4.78, 5) is 0. The number of unbranched alkanes of at least 4 members (excludes halogenated alkanes) is 11. The van der Waals surface area contributed by atoms with Crippen LogP contribution in [0.25, 0.3) is 0 Å². The molecule has 0 aliphatic rings. The lowest BCUT2D eigenvalue weighted by atomic mass is 9.83. The van der Waals surface area contributed by atoms with Crippen LogP contribution in [0.5, 0.6) is 0 Å². The summed E-state index contributed by atoms with van der Waals surface area (Å²) < 4.78 is 254. The highest BCUT2D eigenvalue weighted by Crippen LogP contribution is 2.66. The SMILES string of the molecule is CCCCCCCCCCCCCCC(F)(F)C(F)(F)C(F)(F)C(F)(F)C(F)(F)C(F)(F)C(F)(C(F)(F)F)C(F)(F)F. The van der Waals surface area contributed by atoms with Gasteiger partial charge in [-0.1, -0.05) is 77.6 Å². The van der Waals surface area contributed by atoms with E-state index in [1.54, 1.807) is 0 Å². The minimum Gasteiger partial charge on any atom is -0.216 e. The zero-order valence-corrected chi connectivity index (χ0v) is 21.9. The molecule has 0 bridgehead atoms. The molecule has 0 spiro atoms. The van der Waals surface area contributed by atoms with Gasteiger partial charge in [-0.05, 0) is 6.42 Å². The van der Waals surface area contributed by atoms with E-state index in [0.29, 0.717) is 19.3 Å². The maximum Gasteiger partial charge on any atom is 0.438 e. The highest BCUT2D eigenvalue weighted by molar-refractivity contribution is 5.19. The van der Waals surface area contributed by atoms with E-state index in [2.05, 4.69) is 0 Å². The summed E-state index contributed by atoms with van der Waals surface area (Å²) in [5.74, 6) is -49.3. The molecule has 0 aromatic rings. The maximum absolute atomic E-state index is 13.9. The lowest BCUT2D eigenvalue weighted by molar-refractivity contribution is -0.472. The van der Waals surface area contributed by atoms with Crippen LogP contribution in [0.15, 0.2) is 0 Å². The van der Waals surface area contributed by atoms with Gasteiger partial charge in [-0.15, -0.1) is 0 Å². The normalized spacial score (nSPS) is 15.4. The van der Waals surface area contributed by atoms with Gasteiger partial charge in [0.05, 0.1) is 0 Å². The van der Waals surface area contributed by atoms with Gasteiger partial charge in [-0.2, -0.15) is 79.0 Å². The third-order valence-corrected chi connectivity index (χ3v) is 6.59. The number of hydrogen-bond acceptors (Lipinski definition) is 0. The molecule has 0 N–H and O–H groups in total. The van der Waals surface area contributed by atoms with Crippen LogP contribution >= 0.6 is 0 Å². The van der Waals surface area contributed by atoms with E-state index in [0.717, 1.165) is 38.5 Å². The smallest absolute Gasteiger partial charge is 0.216 e. The fraction of sp³-hybridized carbons (Fsp3) is 1.00. The van der Waals surface area contributed by atoms with Crippen molar-refractivity contribution in [2.24, 2.45) is 0 Å². The van der Waals surface area contributed by atoms with E-state index in [-0.39, 0.29) is 6.42 Å². The fourth-order valence-electron chi connectivity index (χ4n) is 3.90. The molecule has 0 aromatic heterocycles. The van der Waals surface area contributed by atoms with Gasteiger partial charge < -0.3 is 0 Å². The molecule has 0 heterocycles. The molecule has 0 aliphatic carbocycles. The van der Waals surface area contributed by atoms with Crippen LogP contribution in [0, 0.1) is 0 Å². The first-order valence-electron chi connectivity index (χ1n) is 12.7. The van der Waals surface area contributed by atoms with Crippen LogP contribution in [-0.4, -0.2) is 53.6 Å². The van der Waals surface area contributed by atoms with Gasteiger partial charge in [0.1, 0.15) is 0 Å². The van der Waals surface area contributed by atoms with Gasteiger partial charge in [0.2, 0.25) is 0 Å². The molecule has 0 rings (SSSR count). The molecule has 0 atom stereocenters. The summed E-state index contributed by atoms with van der Waals surface area (Å²) in [7, 11) is 0. The largest absolute Gasteiger partial charge is 0.438 e. The predicted octanol–water partition coefficient (Wildman–Crippen LogP) is 11.7. The second-order valence-electron chi connectivity index (χ2n) is 9.87. The number of hydrogen-bond donors (Lipinski definition) is 0. The molecule has 0 aromatic carbocycles. The predicted molar refractivity (Wildman–Crippen MR) is 111 cm³/mol. The minimum absolute atomic E-state index is 0.0296. The van der Waals surface area contributed by atoms with Crippen molar-refractivity contribution in [2.75, 3.05) is 0 Å². The van der Waals surface area contributed by atoms with E-state index in [9.17, 15) is 83.4 Å². The average molecular weight is 666 g/mol. The molecule has 19 heteroatoms. The van der Waals surface area contributed by atoms with Gasteiger partial charge in [0.25, 0.3) is 0 Å². The summed E-state index contributed by atoms with van der Waals surface area (Å²) in [6, 6.07) is 0. The first-order valence-corrected chi connectivity index (χ1v) is 12.7. The summed E-state index contributed by atoms with van der Waals surface area (Å²) in [5.41, 5.74) is -8.71. The second kappa shape index (κ2) is 13.8. The Morgan fingerprint density at radius 1 is 0.310 bits per heavy atom. The molecule has 0 radical (unpaired) electrons. The number of alkyl halides is 19. The molecule has 0 saturated heterocycles. The van der Waals surface area contributed by atoms with Crippen LogP contribution < -0.4 is 0 Å². The Morgan fingerprint density at radius 2 is 0.571 bits per heavy atom. The van der Waals surface area contributed by atoms with Crippen molar-refractivity contribution in [1.29, 1.82) is 0 Å². The lowest BCUT2D eigenvalue weighted by Gasteiger charge is -2.45. The Bertz CT molecular complexity index is 796. The van der Waals surface area contributed by atoms with Crippen LogP contribution in [-0.2, 0) is 0 Å². The topological polar surface area (TPSA) is 0 Å². The van der Waals surface area contributed by atoms with Gasteiger partial charge in [0, 0.05) is 6.42 Å². The van der Waals surface area contributed by atoms with Crippen LogP contribution in [0.4, 0.5) is 83.4 Å². The van der Waals surface area contributed by atoms with Crippen LogP contribution in [0.2, 0.25) is 0 Å². The Morgan fingerprint density at radius 3 is 0.881 bits per heavy atom. The molecular weight excluding hydrogens is 637 g/mol. The third kappa shape index (κ3) is 7.48. The van der Waals surface area contributed by atoms with Gasteiger partial charge >= 0.3 is 53.6 Å². The number of halogens is 19. The first-order chi connectivity index (χ1) is 18.6. The quantitative estimate of drug-likeness (QED) is 0.0951. The van der Waals surface area contributed by atoms with E-state index >= 15 is 0 Å². The lowest BCUT2D eigenvalue weighted by Crippen LogP contribution is -2.77. The summed E-state index contributed by atoms with van der Waals surface area (Å²) in [6.45, 7) is 2.01. The van der Waals surface area contributed by atoms with Crippen LogP contribution in [0.1, 0.15) is 90.4 Å². The Labute approximate surface area is 228 Å². The zero-order chi connectivity index (χ0) is 33.7. The van der Waals surface area contributed by atoms with Gasteiger partial charge in [0.15, 0.2) is 0 Å². The van der Waals surface area contributed by atoms with Crippen LogP contribution in [0.3, 0.4) is 0 Å². The van der Waals surface area contributed by atoms with E-state index in [1.165, 1.54) is 0 Å². The highest BCUT2D eigenvalue weighted by Gasteiger charge is 2.98. The van der Waals surface area contributed by atoms with Crippen molar-refractivity contribution < 1.29 is 83.4 Å². The van der Waals surface area contributed by atoms with Crippen molar-refractivity contribution in [1.82, 2.24) is 0 Å². The molecule has 0 saturated carbocycles. The molecule has 42 heavy (non-hydrogen) atoms. The van der Waals surface area contributed by atoms with Gasteiger partial charge in [-0.25, -0.2) is 4.39 Å². The second-order valence-corrected chi connectivity index (χ2v) is 9.87. The Kier molecular flexibility index (Phi) is 13.3. The van der Waals surface area contributed by atoms with Crippen molar-refractivity contribution in [3.8, 4) is 0 Å². The minimum atomic E-state index is -8.97. The maximum atomic E-state index is 13.9. The molecule has 0 fully saturated rings.